The number of thiazole rings is 1. The third-order valence-corrected chi connectivity index (χ3v) is 6.71. The van der Waals surface area contributed by atoms with Crippen molar-refractivity contribution in [2.45, 2.75) is 24.3 Å². The van der Waals surface area contributed by atoms with Crippen molar-refractivity contribution in [3.63, 3.8) is 0 Å². The van der Waals surface area contributed by atoms with Crippen LogP contribution in [0, 0.1) is 0 Å². The van der Waals surface area contributed by atoms with E-state index in [4.69, 9.17) is 9.47 Å². The number of aromatic nitrogens is 1. The second-order valence-corrected chi connectivity index (χ2v) is 9.05. The fourth-order valence-corrected chi connectivity index (χ4v) is 4.77. The minimum Gasteiger partial charge on any atom is -0.497 e. The van der Waals surface area contributed by atoms with Crippen molar-refractivity contribution in [2.75, 3.05) is 18.9 Å². The summed E-state index contributed by atoms with van der Waals surface area (Å²) < 4.78 is 37.8. The standard InChI is InChI=1S/C21H23N3O5S2/c1-28-17-8-10-18(11-9-17)31(26,27)24-21-23-16(14-30-21)7-12-20(25)22-13-15-5-3-4-6-19(15)29-2/h3-6,8-11,14H,7,12-13H2,1-2H3,(H,22,25)(H,23,24). The summed E-state index contributed by atoms with van der Waals surface area (Å²) in [6, 6.07) is 13.5. The minimum atomic E-state index is -3.75. The van der Waals surface area contributed by atoms with Gasteiger partial charge in [0.05, 0.1) is 24.8 Å². The van der Waals surface area contributed by atoms with Gasteiger partial charge in [0.2, 0.25) is 5.91 Å². The van der Waals surface area contributed by atoms with Crippen molar-refractivity contribution in [3.8, 4) is 11.5 Å². The van der Waals surface area contributed by atoms with Gasteiger partial charge in [-0.1, -0.05) is 18.2 Å². The van der Waals surface area contributed by atoms with Gasteiger partial charge >= 0.3 is 0 Å². The molecule has 0 spiro atoms. The first-order valence-corrected chi connectivity index (χ1v) is 11.8. The third kappa shape index (κ3) is 6.19. The van der Waals surface area contributed by atoms with Crippen molar-refractivity contribution < 1.29 is 22.7 Å². The van der Waals surface area contributed by atoms with Gasteiger partial charge < -0.3 is 14.8 Å². The number of benzene rings is 2. The number of carbonyl (C=O) groups excluding carboxylic acids is 1. The van der Waals surface area contributed by atoms with E-state index in [0.717, 1.165) is 11.3 Å². The number of hydrogen-bond donors (Lipinski definition) is 2. The molecule has 2 aromatic carbocycles. The van der Waals surface area contributed by atoms with Gasteiger partial charge in [-0.3, -0.25) is 9.52 Å². The highest BCUT2D eigenvalue weighted by Crippen LogP contribution is 2.22. The Balaban J connectivity index is 1.51. The molecular weight excluding hydrogens is 438 g/mol. The average molecular weight is 462 g/mol. The summed E-state index contributed by atoms with van der Waals surface area (Å²) in [7, 11) is -0.653. The van der Waals surface area contributed by atoms with E-state index in [-0.39, 0.29) is 22.4 Å². The number of amides is 1. The smallest absolute Gasteiger partial charge is 0.263 e. The maximum Gasteiger partial charge on any atom is 0.263 e. The Morgan fingerprint density at radius 3 is 2.52 bits per heavy atom. The largest absolute Gasteiger partial charge is 0.497 e. The first-order valence-electron chi connectivity index (χ1n) is 9.41. The lowest BCUT2D eigenvalue weighted by molar-refractivity contribution is -0.121. The molecule has 0 bridgehead atoms. The van der Waals surface area contributed by atoms with Gasteiger partial charge in [-0.05, 0) is 36.8 Å². The van der Waals surface area contributed by atoms with Crippen LogP contribution in [0.3, 0.4) is 0 Å². The van der Waals surface area contributed by atoms with Crippen LogP contribution < -0.4 is 19.5 Å². The second kappa shape index (κ2) is 10.3. The van der Waals surface area contributed by atoms with E-state index in [1.54, 1.807) is 24.6 Å². The van der Waals surface area contributed by atoms with E-state index in [1.165, 1.54) is 30.6 Å². The Bertz CT molecular complexity index is 1130. The van der Waals surface area contributed by atoms with Gasteiger partial charge in [0.1, 0.15) is 11.5 Å². The molecular formula is C21H23N3O5S2. The van der Waals surface area contributed by atoms with E-state index in [9.17, 15) is 13.2 Å². The molecule has 0 atom stereocenters. The highest BCUT2D eigenvalue weighted by Gasteiger charge is 2.16. The third-order valence-electron chi connectivity index (χ3n) is 4.42. The van der Waals surface area contributed by atoms with Crippen LogP contribution in [0.15, 0.2) is 58.8 Å². The van der Waals surface area contributed by atoms with Crippen molar-refractivity contribution in [1.82, 2.24) is 10.3 Å². The highest BCUT2D eigenvalue weighted by atomic mass is 32.2. The predicted molar refractivity (Wildman–Crippen MR) is 119 cm³/mol. The van der Waals surface area contributed by atoms with Gasteiger partial charge in [-0.25, -0.2) is 13.4 Å². The molecule has 10 heteroatoms. The van der Waals surface area contributed by atoms with Crippen LogP contribution in [-0.2, 0) is 27.8 Å². The first-order chi connectivity index (χ1) is 14.9. The van der Waals surface area contributed by atoms with Gasteiger partial charge in [0.25, 0.3) is 10.0 Å². The first kappa shape index (κ1) is 22.6. The summed E-state index contributed by atoms with van der Waals surface area (Å²) in [4.78, 5) is 16.6. The number of aryl methyl sites for hydroxylation is 1. The summed E-state index contributed by atoms with van der Waals surface area (Å²) in [6.45, 7) is 0.368. The molecule has 0 radical (unpaired) electrons. The molecule has 0 aliphatic heterocycles. The number of ether oxygens (including phenoxy) is 2. The number of nitrogens with zero attached hydrogens (tertiary/aromatic N) is 1. The molecule has 0 aliphatic rings. The van der Waals surface area contributed by atoms with E-state index in [0.29, 0.717) is 24.4 Å². The molecule has 3 rings (SSSR count). The summed E-state index contributed by atoms with van der Waals surface area (Å²) in [6.07, 6.45) is 0.641. The molecule has 2 N–H and O–H groups in total. The number of anilines is 1. The molecule has 0 aliphatic carbocycles. The molecule has 0 unspecified atom stereocenters. The van der Waals surface area contributed by atoms with E-state index < -0.39 is 10.0 Å². The molecule has 1 amide bonds. The Kier molecular flexibility index (Phi) is 7.48. The number of methoxy groups -OCH3 is 2. The van der Waals surface area contributed by atoms with Gasteiger partial charge in [-0.2, -0.15) is 0 Å². The number of carbonyl (C=O) groups is 1. The van der Waals surface area contributed by atoms with Crippen molar-refractivity contribution in [2.24, 2.45) is 0 Å². The Labute approximate surface area is 185 Å². The Morgan fingerprint density at radius 2 is 1.81 bits per heavy atom. The van der Waals surface area contributed by atoms with Crippen LogP contribution in [0.1, 0.15) is 17.7 Å². The Hall–Kier alpha value is -3.11. The molecule has 0 saturated carbocycles. The molecule has 3 aromatic rings. The number of rotatable bonds is 10. The van der Waals surface area contributed by atoms with Crippen LogP contribution >= 0.6 is 11.3 Å². The van der Waals surface area contributed by atoms with Crippen LogP contribution in [0.5, 0.6) is 11.5 Å². The summed E-state index contributed by atoms with van der Waals surface area (Å²) >= 11 is 1.17. The fourth-order valence-electron chi connectivity index (χ4n) is 2.77. The number of para-hydroxylation sites is 1. The number of sulfonamides is 1. The summed E-state index contributed by atoms with van der Waals surface area (Å²) in [5, 5.41) is 4.84. The fraction of sp³-hybridized carbons (Fsp3) is 0.238. The lowest BCUT2D eigenvalue weighted by atomic mass is 10.2. The SMILES string of the molecule is COc1ccc(S(=O)(=O)Nc2nc(CCC(=O)NCc3ccccc3OC)cs2)cc1. The lowest BCUT2D eigenvalue weighted by Gasteiger charge is -2.09. The van der Waals surface area contributed by atoms with Crippen LogP contribution in [-0.4, -0.2) is 33.5 Å². The average Bonchev–Trinajstić information content (AvgIpc) is 3.23. The molecule has 1 heterocycles. The van der Waals surface area contributed by atoms with Crippen LogP contribution in [0.4, 0.5) is 5.13 Å². The topological polar surface area (TPSA) is 107 Å². The molecule has 0 fully saturated rings. The highest BCUT2D eigenvalue weighted by molar-refractivity contribution is 7.93. The molecule has 0 saturated heterocycles. The van der Waals surface area contributed by atoms with Gasteiger partial charge in [0, 0.05) is 23.9 Å². The normalized spacial score (nSPS) is 11.0. The monoisotopic (exact) mass is 461 g/mol. The Morgan fingerprint density at radius 1 is 1.06 bits per heavy atom. The van der Waals surface area contributed by atoms with E-state index in [2.05, 4.69) is 15.0 Å². The molecule has 1 aromatic heterocycles. The molecule has 31 heavy (non-hydrogen) atoms. The zero-order valence-corrected chi connectivity index (χ0v) is 18.8. The van der Waals surface area contributed by atoms with Crippen LogP contribution in [0.2, 0.25) is 0 Å². The van der Waals surface area contributed by atoms with Crippen molar-refractivity contribution in [1.29, 1.82) is 0 Å². The van der Waals surface area contributed by atoms with E-state index >= 15 is 0 Å². The van der Waals surface area contributed by atoms with Crippen LogP contribution in [0.25, 0.3) is 0 Å². The lowest BCUT2D eigenvalue weighted by Crippen LogP contribution is -2.23. The van der Waals surface area contributed by atoms with Gasteiger partial charge in [0.15, 0.2) is 5.13 Å². The second-order valence-electron chi connectivity index (χ2n) is 6.51. The summed E-state index contributed by atoms with van der Waals surface area (Å²) in [5.41, 5.74) is 1.53. The quantitative estimate of drug-likeness (QED) is 0.480. The van der Waals surface area contributed by atoms with Crippen molar-refractivity contribution >= 4 is 32.4 Å². The maximum atomic E-state index is 12.5. The molecule has 8 nitrogen and oxygen atoms in total. The minimum absolute atomic E-state index is 0.112. The zero-order valence-electron chi connectivity index (χ0n) is 17.1. The molecule has 164 valence electrons. The summed E-state index contributed by atoms with van der Waals surface area (Å²) in [5.74, 6) is 1.16. The predicted octanol–water partition coefficient (Wildman–Crippen LogP) is 3.21. The number of nitrogens with one attached hydrogen (secondary N) is 2. The zero-order chi connectivity index (χ0) is 22.3. The van der Waals surface area contributed by atoms with Gasteiger partial charge in [-0.15, -0.1) is 11.3 Å². The van der Waals surface area contributed by atoms with Crippen molar-refractivity contribution in [3.05, 3.63) is 65.2 Å². The van der Waals surface area contributed by atoms with E-state index in [1.807, 2.05) is 24.3 Å². The number of hydrogen-bond acceptors (Lipinski definition) is 7. The maximum absolute atomic E-state index is 12.5.